The first kappa shape index (κ1) is 18.7. The molecule has 0 aromatic heterocycles. The van der Waals surface area contributed by atoms with Crippen molar-refractivity contribution in [2.24, 2.45) is 5.92 Å². The zero-order valence-corrected chi connectivity index (χ0v) is 16.0. The van der Waals surface area contributed by atoms with Crippen LogP contribution in [-0.2, 0) is 14.3 Å². The van der Waals surface area contributed by atoms with E-state index in [-0.39, 0.29) is 17.7 Å². The molecule has 1 atom stereocenters. The third-order valence-corrected chi connectivity index (χ3v) is 5.40. The van der Waals surface area contributed by atoms with Crippen LogP contribution in [0.25, 0.3) is 0 Å². The summed E-state index contributed by atoms with van der Waals surface area (Å²) < 4.78 is 5.31. The van der Waals surface area contributed by atoms with Gasteiger partial charge in [-0.2, -0.15) is 0 Å². The average molecular weight is 359 g/mol. The van der Waals surface area contributed by atoms with E-state index in [1.807, 2.05) is 17.9 Å². The molecule has 2 fully saturated rings. The van der Waals surface area contributed by atoms with Gasteiger partial charge in [0.2, 0.25) is 11.8 Å². The van der Waals surface area contributed by atoms with Gasteiger partial charge in [0.15, 0.2) is 0 Å². The van der Waals surface area contributed by atoms with Crippen molar-refractivity contribution in [3.05, 3.63) is 23.8 Å². The number of carbonyl (C=O) groups is 2. The van der Waals surface area contributed by atoms with E-state index in [0.29, 0.717) is 39.3 Å². The van der Waals surface area contributed by atoms with Crippen LogP contribution in [-0.4, -0.2) is 62.7 Å². The molecule has 0 N–H and O–H groups in total. The molecular weight excluding hydrogens is 330 g/mol. The van der Waals surface area contributed by atoms with Gasteiger partial charge in [0.05, 0.1) is 19.1 Å². The SMILES string of the molecule is CCN(CC)c1ccc(N2CC(C(=O)N3CCOCC3)CC2=O)c(C)c1. The van der Waals surface area contributed by atoms with Gasteiger partial charge in [-0.1, -0.05) is 0 Å². The fraction of sp³-hybridized carbons (Fsp3) is 0.600. The number of morpholine rings is 1. The predicted molar refractivity (Wildman–Crippen MR) is 103 cm³/mol. The van der Waals surface area contributed by atoms with E-state index >= 15 is 0 Å². The Labute approximate surface area is 155 Å². The highest BCUT2D eigenvalue weighted by molar-refractivity contribution is 6.01. The molecule has 2 saturated heterocycles. The maximum absolute atomic E-state index is 12.7. The van der Waals surface area contributed by atoms with Gasteiger partial charge in [-0.15, -0.1) is 0 Å². The molecule has 142 valence electrons. The first-order valence-corrected chi connectivity index (χ1v) is 9.57. The predicted octanol–water partition coefficient (Wildman–Crippen LogP) is 2.05. The van der Waals surface area contributed by atoms with Crippen molar-refractivity contribution in [3.63, 3.8) is 0 Å². The maximum Gasteiger partial charge on any atom is 0.228 e. The molecule has 0 aliphatic carbocycles. The summed E-state index contributed by atoms with van der Waals surface area (Å²) in [6.45, 7) is 11.1. The number of amides is 2. The van der Waals surface area contributed by atoms with Gasteiger partial charge in [-0.25, -0.2) is 0 Å². The summed E-state index contributed by atoms with van der Waals surface area (Å²) >= 11 is 0. The number of benzene rings is 1. The Bertz CT molecular complexity index is 666. The van der Waals surface area contributed by atoms with E-state index in [1.165, 1.54) is 5.69 Å². The summed E-state index contributed by atoms with van der Waals surface area (Å²) in [6, 6.07) is 6.22. The van der Waals surface area contributed by atoms with Crippen LogP contribution in [0.4, 0.5) is 11.4 Å². The lowest BCUT2D eigenvalue weighted by molar-refractivity contribution is -0.139. The van der Waals surface area contributed by atoms with Crippen LogP contribution in [0, 0.1) is 12.8 Å². The molecule has 2 amide bonds. The van der Waals surface area contributed by atoms with Crippen LogP contribution in [0.15, 0.2) is 18.2 Å². The van der Waals surface area contributed by atoms with E-state index in [2.05, 4.69) is 30.9 Å². The quantitative estimate of drug-likeness (QED) is 0.807. The van der Waals surface area contributed by atoms with Crippen molar-refractivity contribution in [3.8, 4) is 0 Å². The molecule has 1 aromatic carbocycles. The zero-order chi connectivity index (χ0) is 18.7. The number of carbonyl (C=O) groups excluding carboxylic acids is 2. The molecule has 6 heteroatoms. The molecule has 0 saturated carbocycles. The van der Waals surface area contributed by atoms with E-state index < -0.39 is 0 Å². The summed E-state index contributed by atoms with van der Waals surface area (Å²) in [5.41, 5.74) is 3.16. The van der Waals surface area contributed by atoms with Crippen molar-refractivity contribution < 1.29 is 14.3 Å². The van der Waals surface area contributed by atoms with Gasteiger partial charge in [0.1, 0.15) is 0 Å². The lowest BCUT2D eigenvalue weighted by Crippen LogP contribution is -2.44. The highest BCUT2D eigenvalue weighted by atomic mass is 16.5. The minimum absolute atomic E-state index is 0.0373. The number of rotatable bonds is 5. The topological polar surface area (TPSA) is 53.1 Å². The van der Waals surface area contributed by atoms with Crippen molar-refractivity contribution in [2.45, 2.75) is 27.2 Å². The number of nitrogens with zero attached hydrogens (tertiary/aromatic N) is 3. The Morgan fingerprint density at radius 2 is 1.92 bits per heavy atom. The summed E-state index contributed by atoms with van der Waals surface area (Å²) in [5.74, 6) is -0.126. The Kier molecular flexibility index (Phi) is 5.81. The second-order valence-corrected chi connectivity index (χ2v) is 6.99. The lowest BCUT2D eigenvalue weighted by Gasteiger charge is -2.29. The van der Waals surface area contributed by atoms with Gasteiger partial charge in [-0.05, 0) is 44.5 Å². The van der Waals surface area contributed by atoms with Crippen LogP contribution >= 0.6 is 0 Å². The highest BCUT2D eigenvalue weighted by Gasteiger charge is 2.38. The van der Waals surface area contributed by atoms with Gasteiger partial charge in [0, 0.05) is 50.5 Å². The van der Waals surface area contributed by atoms with E-state index in [0.717, 1.165) is 24.3 Å². The van der Waals surface area contributed by atoms with Crippen molar-refractivity contribution in [1.82, 2.24) is 4.90 Å². The molecule has 1 aromatic rings. The minimum Gasteiger partial charge on any atom is -0.378 e. The third-order valence-electron chi connectivity index (χ3n) is 5.40. The number of hydrogen-bond acceptors (Lipinski definition) is 4. The van der Waals surface area contributed by atoms with E-state index in [4.69, 9.17) is 4.74 Å². The summed E-state index contributed by atoms with van der Waals surface area (Å²) in [7, 11) is 0. The molecule has 2 heterocycles. The average Bonchev–Trinajstić information content (AvgIpc) is 3.04. The van der Waals surface area contributed by atoms with Crippen LogP contribution in [0.2, 0.25) is 0 Å². The second-order valence-electron chi connectivity index (χ2n) is 6.99. The Morgan fingerprint density at radius 1 is 1.23 bits per heavy atom. The van der Waals surface area contributed by atoms with Crippen LogP contribution in [0.5, 0.6) is 0 Å². The molecule has 1 unspecified atom stereocenters. The smallest absolute Gasteiger partial charge is 0.228 e. The summed E-state index contributed by atoms with van der Waals surface area (Å²) in [4.78, 5) is 31.2. The standard InChI is InChI=1S/C20H29N3O3/c1-4-21(5-2)17-6-7-18(15(3)12-17)23-14-16(13-19(23)24)20(25)22-8-10-26-11-9-22/h6-7,12,16H,4-5,8-11,13-14H2,1-3H3. The largest absolute Gasteiger partial charge is 0.378 e. The monoisotopic (exact) mass is 359 g/mol. The zero-order valence-electron chi connectivity index (χ0n) is 16.0. The molecule has 0 spiro atoms. The molecule has 3 rings (SSSR count). The molecule has 2 aliphatic rings. The second kappa shape index (κ2) is 8.08. The Hall–Kier alpha value is -2.08. The first-order chi connectivity index (χ1) is 12.5. The molecule has 0 radical (unpaired) electrons. The fourth-order valence-electron chi connectivity index (χ4n) is 3.88. The van der Waals surface area contributed by atoms with Crippen molar-refractivity contribution in [1.29, 1.82) is 0 Å². The van der Waals surface area contributed by atoms with Crippen LogP contribution in [0.3, 0.4) is 0 Å². The van der Waals surface area contributed by atoms with E-state index in [9.17, 15) is 9.59 Å². The van der Waals surface area contributed by atoms with E-state index in [1.54, 1.807) is 4.90 Å². The van der Waals surface area contributed by atoms with Gasteiger partial charge in [-0.3, -0.25) is 9.59 Å². The van der Waals surface area contributed by atoms with Gasteiger partial charge in [0.25, 0.3) is 0 Å². The third kappa shape index (κ3) is 3.70. The number of aryl methyl sites for hydroxylation is 1. The van der Waals surface area contributed by atoms with Gasteiger partial charge < -0.3 is 19.4 Å². The number of anilines is 2. The normalized spacial score (nSPS) is 20.6. The van der Waals surface area contributed by atoms with Gasteiger partial charge >= 0.3 is 0 Å². The van der Waals surface area contributed by atoms with Crippen molar-refractivity contribution >= 4 is 23.2 Å². The molecule has 6 nitrogen and oxygen atoms in total. The van der Waals surface area contributed by atoms with Crippen LogP contribution < -0.4 is 9.80 Å². The Balaban J connectivity index is 1.73. The van der Waals surface area contributed by atoms with Crippen LogP contribution in [0.1, 0.15) is 25.8 Å². The number of ether oxygens (including phenoxy) is 1. The lowest BCUT2D eigenvalue weighted by atomic mass is 10.1. The number of hydrogen-bond donors (Lipinski definition) is 0. The first-order valence-electron chi connectivity index (χ1n) is 9.57. The molecule has 2 aliphatic heterocycles. The summed E-state index contributed by atoms with van der Waals surface area (Å²) in [6.07, 6.45) is 0.299. The summed E-state index contributed by atoms with van der Waals surface area (Å²) in [5, 5.41) is 0. The van der Waals surface area contributed by atoms with Crippen molar-refractivity contribution in [2.75, 3.05) is 55.7 Å². The molecule has 0 bridgehead atoms. The highest BCUT2D eigenvalue weighted by Crippen LogP contribution is 2.31. The fourth-order valence-corrected chi connectivity index (χ4v) is 3.88. The Morgan fingerprint density at radius 3 is 2.54 bits per heavy atom. The molecule has 26 heavy (non-hydrogen) atoms. The minimum atomic E-state index is -0.248. The maximum atomic E-state index is 12.7. The molecular formula is C20H29N3O3.